The van der Waals surface area contributed by atoms with E-state index in [1.54, 1.807) is 11.0 Å². The molecule has 0 saturated carbocycles. The van der Waals surface area contributed by atoms with Crippen LogP contribution in [-0.2, 0) is 6.42 Å². The van der Waals surface area contributed by atoms with Crippen molar-refractivity contribution in [2.24, 2.45) is 0 Å². The predicted molar refractivity (Wildman–Crippen MR) is 98.0 cm³/mol. The molecule has 1 atom stereocenters. The highest BCUT2D eigenvalue weighted by Crippen LogP contribution is 2.34. The molecule has 0 saturated heterocycles. The summed E-state index contributed by atoms with van der Waals surface area (Å²) in [5.41, 5.74) is 2.59. The molecule has 0 spiro atoms. The Morgan fingerprint density at radius 2 is 2.08 bits per heavy atom. The van der Waals surface area contributed by atoms with Crippen LogP contribution in [0.5, 0.6) is 0 Å². The molecule has 3 rings (SSSR count). The minimum Gasteiger partial charge on any atom is -0.395 e. The number of hydrogen-bond acceptors (Lipinski definition) is 4. The molecule has 0 bridgehead atoms. The van der Waals surface area contributed by atoms with Gasteiger partial charge in [0.15, 0.2) is 0 Å². The number of nitro groups is 1. The number of carbonyl (C=O) groups is 1. The van der Waals surface area contributed by atoms with Gasteiger partial charge in [-0.3, -0.25) is 10.1 Å². The maximum atomic E-state index is 12.8. The van der Waals surface area contributed by atoms with Crippen LogP contribution in [-0.4, -0.2) is 34.1 Å². The van der Waals surface area contributed by atoms with E-state index in [-0.39, 0.29) is 30.9 Å². The second kappa shape index (κ2) is 7.97. The van der Waals surface area contributed by atoms with Gasteiger partial charge in [-0.25, -0.2) is 4.79 Å². The molecule has 0 fully saturated rings. The lowest BCUT2D eigenvalue weighted by Crippen LogP contribution is -2.41. The molecule has 0 aromatic heterocycles. The molecule has 136 valence electrons. The van der Waals surface area contributed by atoms with Crippen LogP contribution in [0.25, 0.3) is 0 Å². The first-order valence-electron chi connectivity index (χ1n) is 8.61. The van der Waals surface area contributed by atoms with Crippen molar-refractivity contribution >= 4 is 17.4 Å². The van der Waals surface area contributed by atoms with E-state index in [9.17, 15) is 20.0 Å². The summed E-state index contributed by atoms with van der Waals surface area (Å²) in [6, 6.07) is 13.4. The fraction of sp³-hybridized carbons (Fsp3) is 0.316. The molecule has 0 radical (unpaired) electrons. The lowest BCUT2D eigenvalue weighted by molar-refractivity contribution is -0.384. The van der Waals surface area contributed by atoms with Crippen LogP contribution in [0.3, 0.4) is 0 Å². The molecule has 0 heterocycles. The fourth-order valence-electron chi connectivity index (χ4n) is 3.45. The number of non-ortho nitro benzene ring substituents is 1. The topological polar surface area (TPSA) is 95.7 Å². The predicted octanol–water partition coefficient (Wildman–Crippen LogP) is 3.50. The second-order valence-corrected chi connectivity index (χ2v) is 6.26. The highest BCUT2D eigenvalue weighted by molar-refractivity contribution is 5.90. The van der Waals surface area contributed by atoms with Gasteiger partial charge >= 0.3 is 6.03 Å². The maximum absolute atomic E-state index is 12.8. The normalized spacial score (nSPS) is 15.8. The van der Waals surface area contributed by atoms with Crippen LogP contribution >= 0.6 is 0 Å². The quantitative estimate of drug-likeness (QED) is 0.634. The third-order valence-corrected chi connectivity index (χ3v) is 4.62. The Bertz CT molecular complexity index is 809. The number of aliphatic hydroxyl groups excluding tert-OH is 1. The number of amides is 2. The monoisotopic (exact) mass is 355 g/mol. The fourth-order valence-corrected chi connectivity index (χ4v) is 3.45. The first kappa shape index (κ1) is 17.9. The molecular formula is C19H21N3O4. The average Bonchev–Trinajstić information content (AvgIpc) is 2.66. The molecule has 1 unspecified atom stereocenters. The number of nitrogens with zero attached hydrogens (tertiary/aromatic N) is 2. The number of benzene rings is 2. The van der Waals surface area contributed by atoms with Gasteiger partial charge in [0.05, 0.1) is 17.6 Å². The number of hydrogen-bond donors (Lipinski definition) is 2. The summed E-state index contributed by atoms with van der Waals surface area (Å²) in [6.07, 6.45) is 2.76. The minimum absolute atomic E-state index is 0.0838. The third-order valence-electron chi connectivity index (χ3n) is 4.62. The lowest BCUT2D eigenvalue weighted by Gasteiger charge is -2.35. The molecule has 7 nitrogen and oxygen atoms in total. The van der Waals surface area contributed by atoms with Crippen molar-refractivity contribution in [1.29, 1.82) is 0 Å². The van der Waals surface area contributed by atoms with Gasteiger partial charge in [0.25, 0.3) is 5.69 Å². The number of carbonyl (C=O) groups excluding carboxylic acids is 1. The lowest BCUT2D eigenvalue weighted by atomic mass is 9.87. The van der Waals surface area contributed by atoms with E-state index in [0.29, 0.717) is 5.69 Å². The van der Waals surface area contributed by atoms with Crippen molar-refractivity contribution in [2.45, 2.75) is 25.3 Å². The number of aryl methyl sites for hydroxylation is 1. The molecule has 2 N–H and O–H groups in total. The highest BCUT2D eigenvalue weighted by Gasteiger charge is 2.29. The van der Waals surface area contributed by atoms with Crippen molar-refractivity contribution in [3.05, 3.63) is 69.8 Å². The number of nitrogens with one attached hydrogen (secondary N) is 1. The van der Waals surface area contributed by atoms with Gasteiger partial charge < -0.3 is 15.3 Å². The van der Waals surface area contributed by atoms with Gasteiger partial charge in [0.2, 0.25) is 0 Å². The van der Waals surface area contributed by atoms with Crippen molar-refractivity contribution in [2.75, 3.05) is 18.5 Å². The summed E-state index contributed by atoms with van der Waals surface area (Å²) in [5.74, 6) is 0. The van der Waals surface area contributed by atoms with Crippen LogP contribution in [0.15, 0.2) is 48.5 Å². The SMILES string of the molecule is O=C(Nc1cccc([N+](=O)[O-])c1)N(CCO)C1CCCc2ccccc21. The van der Waals surface area contributed by atoms with Gasteiger partial charge in [-0.2, -0.15) is 0 Å². The van der Waals surface area contributed by atoms with E-state index < -0.39 is 4.92 Å². The van der Waals surface area contributed by atoms with Crippen LogP contribution in [0.1, 0.15) is 30.0 Å². The zero-order valence-corrected chi connectivity index (χ0v) is 14.3. The van der Waals surface area contributed by atoms with E-state index in [4.69, 9.17) is 0 Å². The van der Waals surface area contributed by atoms with E-state index in [1.165, 1.54) is 23.8 Å². The second-order valence-electron chi connectivity index (χ2n) is 6.26. The van der Waals surface area contributed by atoms with Gasteiger partial charge in [-0.15, -0.1) is 0 Å². The molecule has 1 aliphatic carbocycles. The van der Waals surface area contributed by atoms with Crippen molar-refractivity contribution in [1.82, 2.24) is 4.90 Å². The molecule has 2 aromatic rings. The molecule has 0 aliphatic heterocycles. The van der Waals surface area contributed by atoms with Gasteiger partial charge in [0.1, 0.15) is 0 Å². The van der Waals surface area contributed by atoms with E-state index in [1.807, 2.05) is 18.2 Å². The van der Waals surface area contributed by atoms with E-state index >= 15 is 0 Å². The molecule has 7 heteroatoms. The van der Waals surface area contributed by atoms with Crippen LogP contribution in [0.2, 0.25) is 0 Å². The Kier molecular flexibility index (Phi) is 5.48. The largest absolute Gasteiger partial charge is 0.395 e. The average molecular weight is 355 g/mol. The first-order chi connectivity index (χ1) is 12.6. The standard InChI is InChI=1S/C19H21N3O4/c23-12-11-21(18-10-3-6-14-5-1-2-9-17(14)18)19(24)20-15-7-4-8-16(13-15)22(25)26/h1-2,4-5,7-9,13,18,23H,3,6,10-12H2,(H,20,24). The Balaban J connectivity index is 1.83. The minimum atomic E-state index is -0.501. The Morgan fingerprint density at radius 1 is 1.27 bits per heavy atom. The maximum Gasteiger partial charge on any atom is 0.322 e. The zero-order valence-electron chi connectivity index (χ0n) is 14.3. The summed E-state index contributed by atoms with van der Waals surface area (Å²) in [6.45, 7) is 0.0424. The van der Waals surface area contributed by atoms with Crippen LogP contribution in [0.4, 0.5) is 16.2 Å². The third kappa shape index (κ3) is 3.83. The number of anilines is 1. The van der Waals surface area contributed by atoms with Gasteiger partial charge in [-0.05, 0) is 36.5 Å². The summed E-state index contributed by atoms with van der Waals surface area (Å²) >= 11 is 0. The smallest absolute Gasteiger partial charge is 0.322 e. The molecule has 1 aliphatic rings. The molecule has 26 heavy (non-hydrogen) atoms. The number of fused-ring (bicyclic) bond motifs is 1. The van der Waals surface area contributed by atoms with Gasteiger partial charge in [0, 0.05) is 24.4 Å². The molecule has 2 aromatic carbocycles. The van der Waals surface area contributed by atoms with Crippen molar-refractivity contribution in [3.8, 4) is 0 Å². The van der Waals surface area contributed by atoms with Crippen molar-refractivity contribution in [3.63, 3.8) is 0 Å². The van der Waals surface area contributed by atoms with E-state index in [0.717, 1.165) is 24.8 Å². The van der Waals surface area contributed by atoms with Crippen LogP contribution in [0, 0.1) is 10.1 Å². The summed E-state index contributed by atoms with van der Waals surface area (Å²) in [7, 11) is 0. The van der Waals surface area contributed by atoms with Crippen LogP contribution < -0.4 is 5.32 Å². The van der Waals surface area contributed by atoms with E-state index in [2.05, 4.69) is 11.4 Å². The van der Waals surface area contributed by atoms with Crippen molar-refractivity contribution < 1.29 is 14.8 Å². The summed E-state index contributed by atoms with van der Waals surface area (Å²) in [4.78, 5) is 24.8. The Hall–Kier alpha value is -2.93. The summed E-state index contributed by atoms with van der Waals surface area (Å²) < 4.78 is 0. The number of urea groups is 1. The Morgan fingerprint density at radius 3 is 2.85 bits per heavy atom. The molecular weight excluding hydrogens is 334 g/mol. The first-order valence-corrected chi connectivity index (χ1v) is 8.61. The number of aliphatic hydroxyl groups is 1. The number of rotatable bonds is 5. The number of nitro benzene ring substituents is 1. The summed E-state index contributed by atoms with van der Waals surface area (Å²) in [5, 5.41) is 23.1. The highest BCUT2D eigenvalue weighted by atomic mass is 16.6. The van der Waals surface area contributed by atoms with Gasteiger partial charge in [-0.1, -0.05) is 30.3 Å². The Labute approximate surface area is 151 Å². The molecule has 2 amide bonds. The zero-order chi connectivity index (χ0) is 18.5.